The minimum Gasteiger partial charge on any atom is -0.314 e. The number of nitrogens with one attached hydrogen (secondary N) is 1. The molecule has 1 saturated carbocycles. The monoisotopic (exact) mass is 267 g/mol. The Hall–Kier alpha value is -0.0400. The first-order valence-electron chi connectivity index (χ1n) is 8.77. The lowest BCUT2D eigenvalue weighted by molar-refractivity contribution is 0.260. The first-order valence-corrected chi connectivity index (χ1v) is 8.77. The van der Waals surface area contributed by atoms with Crippen LogP contribution in [0, 0.1) is 23.7 Å². The summed E-state index contributed by atoms with van der Waals surface area (Å²) in [5.74, 6) is 3.44. The van der Waals surface area contributed by atoms with E-state index in [9.17, 15) is 0 Å². The van der Waals surface area contributed by atoms with E-state index in [1.165, 1.54) is 51.5 Å². The quantitative estimate of drug-likeness (QED) is 0.621. The molecule has 114 valence electrons. The topological polar surface area (TPSA) is 12.0 Å². The highest BCUT2D eigenvalue weighted by Crippen LogP contribution is 2.27. The SMILES string of the molecule is CCCC1CCCC(NCC(C(C)C)C(C)C)CC1. The average molecular weight is 268 g/mol. The van der Waals surface area contributed by atoms with Crippen molar-refractivity contribution in [2.75, 3.05) is 6.54 Å². The molecule has 0 spiro atoms. The van der Waals surface area contributed by atoms with Gasteiger partial charge in [0.25, 0.3) is 0 Å². The summed E-state index contributed by atoms with van der Waals surface area (Å²) < 4.78 is 0. The van der Waals surface area contributed by atoms with E-state index in [4.69, 9.17) is 0 Å². The highest BCUT2D eigenvalue weighted by Gasteiger charge is 2.21. The largest absolute Gasteiger partial charge is 0.314 e. The van der Waals surface area contributed by atoms with E-state index in [0.29, 0.717) is 0 Å². The Balaban J connectivity index is 2.32. The molecule has 0 aromatic carbocycles. The molecule has 2 atom stereocenters. The molecular weight excluding hydrogens is 230 g/mol. The molecule has 0 aromatic rings. The van der Waals surface area contributed by atoms with E-state index in [1.807, 2.05) is 0 Å². The van der Waals surface area contributed by atoms with Crippen LogP contribution in [-0.2, 0) is 0 Å². The summed E-state index contributed by atoms with van der Waals surface area (Å²) in [6.07, 6.45) is 10.0. The van der Waals surface area contributed by atoms with Crippen LogP contribution in [0.2, 0.25) is 0 Å². The maximum Gasteiger partial charge on any atom is 0.00672 e. The van der Waals surface area contributed by atoms with E-state index >= 15 is 0 Å². The molecule has 1 heteroatoms. The molecule has 1 fully saturated rings. The van der Waals surface area contributed by atoms with Crippen LogP contribution in [0.5, 0.6) is 0 Å². The summed E-state index contributed by atoms with van der Waals surface area (Å²) in [7, 11) is 0. The Morgan fingerprint density at radius 1 is 0.947 bits per heavy atom. The van der Waals surface area contributed by atoms with Crippen molar-refractivity contribution in [2.45, 2.75) is 85.6 Å². The van der Waals surface area contributed by atoms with Gasteiger partial charge in [0.1, 0.15) is 0 Å². The fraction of sp³-hybridized carbons (Fsp3) is 1.00. The fourth-order valence-electron chi connectivity index (χ4n) is 3.82. The van der Waals surface area contributed by atoms with E-state index in [2.05, 4.69) is 39.9 Å². The van der Waals surface area contributed by atoms with Gasteiger partial charge in [-0.15, -0.1) is 0 Å². The zero-order valence-corrected chi connectivity index (χ0v) is 14.0. The van der Waals surface area contributed by atoms with Crippen molar-refractivity contribution >= 4 is 0 Å². The van der Waals surface area contributed by atoms with Crippen molar-refractivity contribution in [1.29, 1.82) is 0 Å². The van der Waals surface area contributed by atoms with Crippen LogP contribution in [0.25, 0.3) is 0 Å². The van der Waals surface area contributed by atoms with Gasteiger partial charge in [0.2, 0.25) is 0 Å². The normalized spacial score (nSPS) is 25.3. The predicted octanol–water partition coefficient (Wildman–Crippen LogP) is 5.25. The van der Waals surface area contributed by atoms with Gasteiger partial charge in [0.15, 0.2) is 0 Å². The second-order valence-corrected chi connectivity index (χ2v) is 7.42. The Bertz CT molecular complexity index is 214. The summed E-state index contributed by atoms with van der Waals surface area (Å²) in [6, 6.07) is 0.793. The molecular formula is C18H37N. The van der Waals surface area contributed by atoms with Crippen molar-refractivity contribution in [3.05, 3.63) is 0 Å². The lowest BCUT2D eigenvalue weighted by Crippen LogP contribution is -2.36. The van der Waals surface area contributed by atoms with Gasteiger partial charge in [-0.2, -0.15) is 0 Å². The van der Waals surface area contributed by atoms with Crippen LogP contribution in [0.15, 0.2) is 0 Å². The molecule has 19 heavy (non-hydrogen) atoms. The molecule has 2 unspecified atom stereocenters. The molecule has 0 saturated heterocycles. The average Bonchev–Trinajstić information content (AvgIpc) is 2.55. The van der Waals surface area contributed by atoms with Crippen molar-refractivity contribution < 1.29 is 0 Å². The summed E-state index contributed by atoms with van der Waals surface area (Å²) in [4.78, 5) is 0. The Labute approximate surface area is 121 Å². The molecule has 0 aromatic heterocycles. The van der Waals surface area contributed by atoms with Gasteiger partial charge in [-0.05, 0) is 49.5 Å². The van der Waals surface area contributed by atoms with Gasteiger partial charge >= 0.3 is 0 Å². The maximum atomic E-state index is 3.89. The molecule has 1 rings (SSSR count). The molecule has 1 N–H and O–H groups in total. The van der Waals surface area contributed by atoms with Crippen LogP contribution < -0.4 is 5.32 Å². The second kappa shape index (κ2) is 9.00. The van der Waals surface area contributed by atoms with Crippen LogP contribution in [0.3, 0.4) is 0 Å². The van der Waals surface area contributed by atoms with Crippen LogP contribution >= 0.6 is 0 Å². The fourth-order valence-corrected chi connectivity index (χ4v) is 3.82. The van der Waals surface area contributed by atoms with Gasteiger partial charge in [0.05, 0.1) is 0 Å². The number of hydrogen-bond donors (Lipinski definition) is 1. The highest BCUT2D eigenvalue weighted by atomic mass is 14.9. The molecule has 1 nitrogen and oxygen atoms in total. The number of rotatable bonds is 7. The third-order valence-electron chi connectivity index (χ3n) is 5.14. The zero-order chi connectivity index (χ0) is 14.3. The van der Waals surface area contributed by atoms with E-state index in [0.717, 1.165) is 29.7 Å². The first-order chi connectivity index (χ1) is 9.04. The molecule has 0 aliphatic heterocycles. The lowest BCUT2D eigenvalue weighted by Gasteiger charge is -2.28. The molecule has 1 aliphatic rings. The van der Waals surface area contributed by atoms with Crippen LogP contribution in [-0.4, -0.2) is 12.6 Å². The smallest absolute Gasteiger partial charge is 0.00672 e. The Morgan fingerprint density at radius 3 is 2.21 bits per heavy atom. The second-order valence-electron chi connectivity index (χ2n) is 7.42. The van der Waals surface area contributed by atoms with Gasteiger partial charge in [-0.1, -0.05) is 60.3 Å². The first kappa shape index (κ1) is 17.0. The molecule has 0 bridgehead atoms. The van der Waals surface area contributed by atoms with Gasteiger partial charge in [-0.25, -0.2) is 0 Å². The molecule has 0 heterocycles. The molecule has 0 amide bonds. The third kappa shape index (κ3) is 6.29. The maximum absolute atomic E-state index is 3.89. The van der Waals surface area contributed by atoms with Crippen molar-refractivity contribution in [1.82, 2.24) is 5.32 Å². The summed E-state index contributed by atoms with van der Waals surface area (Å²) in [6.45, 7) is 13.0. The minimum absolute atomic E-state index is 0.793. The highest BCUT2D eigenvalue weighted by molar-refractivity contribution is 4.77. The molecule has 0 radical (unpaired) electrons. The zero-order valence-electron chi connectivity index (χ0n) is 14.0. The predicted molar refractivity (Wildman–Crippen MR) is 86.4 cm³/mol. The van der Waals surface area contributed by atoms with Crippen molar-refractivity contribution in [3.63, 3.8) is 0 Å². The minimum atomic E-state index is 0.793. The molecule has 1 aliphatic carbocycles. The van der Waals surface area contributed by atoms with E-state index < -0.39 is 0 Å². The van der Waals surface area contributed by atoms with Crippen molar-refractivity contribution in [2.24, 2.45) is 23.7 Å². The van der Waals surface area contributed by atoms with Gasteiger partial charge in [-0.3, -0.25) is 0 Å². The van der Waals surface area contributed by atoms with Crippen LogP contribution in [0.1, 0.15) is 79.6 Å². The standard InChI is InChI=1S/C18H37N/c1-6-8-16-9-7-10-17(12-11-16)19-13-18(14(2)3)15(4)5/h14-19H,6-13H2,1-5H3. The summed E-state index contributed by atoms with van der Waals surface area (Å²) in [5, 5.41) is 3.89. The Morgan fingerprint density at radius 2 is 1.63 bits per heavy atom. The lowest BCUT2D eigenvalue weighted by atomic mass is 9.85. The van der Waals surface area contributed by atoms with Crippen molar-refractivity contribution in [3.8, 4) is 0 Å². The van der Waals surface area contributed by atoms with Gasteiger partial charge in [0, 0.05) is 6.04 Å². The van der Waals surface area contributed by atoms with Gasteiger partial charge < -0.3 is 5.32 Å². The number of hydrogen-bond acceptors (Lipinski definition) is 1. The van der Waals surface area contributed by atoms with E-state index in [-0.39, 0.29) is 0 Å². The summed E-state index contributed by atoms with van der Waals surface area (Å²) >= 11 is 0. The van der Waals surface area contributed by atoms with Crippen LogP contribution in [0.4, 0.5) is 0 Å². The Kier molecular flexibility index (Phi) is 8.06. The third-order valence-corrected chi connectivity index (χ3v) is 5.14. The summed E-state index contributed by atoms with van der Waals surface area (Å²) in [5.41, 5.74) is 0. The van der Waals surface area contributed by atoms with E-state index in [1.54, 1.807) is 0 Å².